The first-order valence-corrected chi connectivity index (χ1v) is 6.73. The van der Waals surface area contributed by atoms with E-state index >= 15 is 0 Å². The van der Waals surface area contributed by atoms with Crippen LogP contribution in [-0.4, -0.2) is 24.7 Å². The van der Waals surface area contributed by atoms with Crippen LogP contribution in [0.5, 0.6) is 0 Å². The van der Waals surface area contributed by atoms with Crippen LogP contribution in [0.4, 0.5) is 5.69 Å². The maximum Gasteiger partial charge on any atom is 0.274 e. The van der Waals surface area contributed by atoms with Gasteiger partial charge in [0.15, 0.2) is 0 Å². The van der Waals surface area contributed by atoms with Gasteiger partial charge in [0.1, 0.15) is 0 Å². The van der Waals surface area contributed by atoms with Crippen LogP contribution in [0.3, 0.4) is 0 Å². The molecule has 0 amide bonds. The van der Waals surface area contributed by atoms with Gasteiger partial charge < -0.3 is 10.1 Å². The molecule has 0 radical (unpaired) electrons. The van der Waals surface area contributed by atoms with E-state index in [0.717, 1.165) is 18.1 Å². The van der Waals surface area contributed by atoms with E-state index in [1.165, 1.54) is 18.9 Å². The minimum atomic E-state index is -0.336. The molecule has 1 fully saturated rings. The Hall–Kier alpha value is -1.46. The van der Waals surface area contributed by atoms with Crippen molar-refractivity contribution in [3.63, 3.8) is 0 Å². The van der Waals surface area contributed by atoms with E-state index in [4.69, 9.17) is 4.74 Å². The second-order valence-electron chi connectivity index (χ2n) is 5.01. The number of para-hydroxylation sites is 1. The number of nitrogens with one attached hydrogen (secondary N) is 1. The van der Waals surface area contributed by atoms with Gasteiger partial charge >= 0.3 is 0 Å². The maximum absolute atomic E-state index is 10.9. The Kier molecular flexibility index (Phi) is 4.87. The van der Waals surface area contributed by atoms with Crippen molar-refractivity contribution in [1.82, 2.24) is 5.32 Å². The number of nitro groups is 1. The summed E-state index contributed by atoms with van der Waals surface area (Å²) in [5.74, 6) is 0.771. The molecule has 1 aromatic rings. The molecule has 0 spiro atoms. The molecular formula is C14H20N2O3. The van der Waals surface area contributed by atoms with Crippen LogP contribution < -0.4 is 5.32 Å². The van der Waals surface area contributed by atoms with Gasteiger partial charge in [-0.3, -0.25) is 10.1 Å². The normalized spacial score (nSPS) is 16.3. The van der Waals surface area contributed by atoms with Gasteiger partial charge in [-0.1, -0.05) is 18.2 Å². The van der Waals surface area contributed by atoms with Crippen molar-refractivity contribution in [1.29, 1.82) is 0 Å². The first kappa shape index (κ1) is 14.0. The standard InChI is InChI=1S/C14H20N2O3/c1-11(15-8-9-19-10-12-6-7-12)13-4-2-3-5-14(13)16(17)18/h2-5,11-12,15H,6-10H2,1H3. The lowest BCUT2D eigenvalue weighted by Crippen LogP contribution is -2.24. The summed E-state index contributed by atoms with van der Waals surface area (Å²) >= 11 is 0. The van der Waals surface area contributed by atoms with Crippen molar-refractivity contribution < 1.29 is 9.66 Å². The first-order chi connectivity index (χ1) is 9.18. The highest BCUT2D eigenvalue weighted by molar-refractivity contribution is 5.41. The van der Waals surface area contributed by atoms with Crippen LogP contribution in [0.1, 0.15) is 31.4 Å². The highest BCUT2D eigenvalue weighted by Crippen LogP contribution is 2.28. The average Bonchev–Trinajstić information content (AvgIpc) is 3.22. The summed E-state index contributed by atoms with van der Waals surface area (Å²) in [5.41, 5.74) is 0.885. The fourth-order valence-corrected chi connectivity index (χ4v) is 2.01. The zero-order valence-corrected chi connectivity index (χ0v) is 11.2. The molecule has 5 heteroatoms. The molecule has 1 aliphatic carbocycles. The SMILES string of the molecule is CC(NCCOCC1CC1)c1ccccc1[N+](=O)[O-]. The molecule has 1 saturated carbocycles. The third-order valence-corrected chi connectivity index (χ3v) is 3.35. The molecule has 1 atom stereocenters. The minimum absolute atomic E-state index is 0.0499. The summed E-state index contributed by atoms with van der Waals surface area (Å²) in [6, 6.07) is 6.79. The largest absolute Gasteiger partial charge is 0.380 e. The lowest BCUT2D eigenvalue weighted by atomic mass is 10.1. The van der Waals surface area contributed by atoms with E-state index in [1.54, 1.807) is 12.1 Å². The fourth-order valence-electron chi connectivity index (χ4n) is 2.01. The summed E-state index contributed by atoms with van der Waals surface area (Å²) in [6.45, 7) is 4.15. The Morgan fingerprint density at radius 1 is 1.47 bits per heavy atom. The number of hydrogen-bond donors (Lipinski definition) is 1. The quantitative estimate of drug-likeness (QED) is 0.445. The van der Waals surface area contributed by atoms with Crippen molar-refractivity contribution in [2.75, 3.05) is 19.8 Å². The molecular weight excluding hydrogens is 244 g/mol. The van der Waals surface area contributed by atoms with Crippen LogP contribution in [0, 0.1) is 16.0 Å². The molecule has 1 N–H and O–H groups in total. The second-order valence-corrected chi connectivity index (χ2v) is 5.01. The summed E-state index contributed by atoms with van der Waals surface area (Å²) in [5, 5.41) is 14.2. The van der Waals surface area contributed by atoms with Crippen molar-refractivity contribution in [2.24, 2.45) is 5.92 Å². The van der Waals surface area contributed by atoms with Gasteiger partial charge in [-0.25, -0.2) is 0 Å². The van der Waals surface area contributed by atoms with E-state index in [2.05, 4.69) is 5.32 Å². The van der Waals surface area contributed by atoms with Crippen LogP contribution in [-0.2, 0) is 4.74 Å². The molecule has 19 heavy (non-hydrogen) atoms. The molecule has 0 heterocycles. The maximum atomic E-state index is 10.9. The van der Waals surface area contributed by atoms with Gasteiger partial charge in [-0.15, -0.1) is 0 Å². The van der Waals surface area contributed by atoms with Gasteiger partial charge in [0.2, 0.25) is 0 Å². The summed E-state index contributed by atoms with van der Waals surface area (Å²) in [4.78, 5) is 10.6. The predicted molar refractivity (Wildman–Crippen MR) is 73.1 cm³/mol. The summed E-state index contributed by atoms with van der Waals surface area (Å²) in [7, 11) is 0. The van der Waals surface area contributed by atoms with E-state index in [0.29, 0.717) is 13.2 Å². The molecule has 1 unspecified atom stereocenters. The van der Waals surface area contributed by atoms with Gasteiger partial charge in [-0.2, -0.15) is 0 Å². The number of rotatable bonds is 8. The number of benzene rings is 1. The number of nitro benzene ring substituents is 1. The second kappa shape index (κ2) is 6.63. The zero-order valence-electron chi connectivity index (χ0n) is 11.2. The number of hydrogen-bond acceptors (Lipinski definition) is 4. The van der Waals surface area contributed by atoms with Gasteiger partial charge in [0.25, 0.3) is 5.69 Å². The van der Waals surface area contributed by atoms with Crippen molar-refractivity contribution in [2.45, 2.75) is 25.8 Å². The fraction of sp³-hybridized carbons (Fsp3) is 0.571. The Labute approximate surface area is 113 Å². The number of ether oxygens (including phenoxy) is 1. The smallest absolute Gasteiger partial charge is 0.274 e. The first-order valence-electron chi connectivity index (χ1n) is 6.73. The molecule has 104 valence electrons. The zero-order chi connectivity index (χ0) is 13.7. The van der Waals surface area contributed by atoms with Crippen LogP contribution in [0.2, 0.25) is 0 Å². The van der Waals surface area contributed by atoms with Gasteiger partial charge in [0.05, 0.1) is 11.5 Å². The third-order valence-electron chi connectivity index (χ3n) is 3.35. The molecule has 0 saturated heterocycles. The molecule has 0 aliphatic heterocycles. The van der Waals surface area contributed by atoms with Crippen molar-refractivity contribution in [3.05, 3.63) is 39.9 Å². The monoisotopic (exact) mass is 264 g/mol. The predicted octanol–water partition coefficient (Wildman–Crippen LogP) is 2.67. The molecule has 5 nitrogen and oxygen atoms in total. The highest BCUT2D eigenvalue weighted by atomic mass is 16.6. The van der Waals surface area contributed by atoms with E-state index < -0.39 is 0 Å². The molecule has 1 aromatic carbocycles. The summed E-state index contributed by atoms with van der Waals surface area (Å²) in [6.07, 6.45) is 2.58. The third kappa shape index (κ3) is 4.29. The van der Waals surface area contributed by atoms with Crippen LogP contribution in [0.15, 0.2) is 24.3 Å². The Balaban J connectivity index is 1.78. The Morgan fingerprint density at radius 3 is 2.89 bits per heavy atom. The lowest BCUT2D eigenvalue weighted by Gasteiger charge is -2.14. The van der Waals surface area contributed by atoms with E-state index in [1.807, 2.05) is 13.0 Å². The topological polar surface area (TPSA) is 64.4 Å². The lowest BCUT2D eigenvalue weighted by molar-refractivity contribution is -0.385. The average molecular weight is 264 g/mol. The molecule has 2 rings (SSSR count). The van der Waals surface area contributed by atoms with Crippen LogP contribution >= 0.6 is 0 Å². The molecule has 1 aliphatic rings. The van der Waals surface area contributed by atoms with Crippen LogP contribution in [0.25, 0.3) is 0 Å². The Bertz CT molecular complexity index is 432. The Morgan fingerprint density at radius 2 is 2.21 bits per heavy atom. The number of nitrogens with zero attached hydrogens (tertiary/aromatic N) is 1. The van der Waals surface area contributed by atoms with E-state index in [9.17, 15) is 10.1 Å². The van der Waals surface area contributed by atoms with Gasteiger partial charge in [-0.05, 0) is 25.7 Å². The summed E-state index contributed by atoms with van der Waals surface area (Å²) < 4.78 is 5.53. The van der Waals surface area contributed by atoms with Crippen molar-refractivity contribution in [3.8, 4) is 0 Å². The van der Waals surface area contributed by atoms with E-state index in [-0.39, 0.29) is 16.7 Å². The molecule has 0 bridgehead atoms. The minimum Gasteiger partial charge on any atom is -0.380 e. The van der Waals surface area contributed by atoms with Crippen molar-refractivity contribution >= 4 is 5.69 Å². The molecule has 0 aromatic heterocycles. The highest BCUT2D eigenvalue weighted by Gasteiger charge is 2.21. The van der Waals surface area contributed by atoms with Gasteiger partial charge in [0, 0.05) is 30.8 Å².